The Hall–Kier alpha value is -2.49. The molecule has 1 aliphatic carbocycles. The predicted octanol–water partition coefficient (Wildman–Crippen LogP) is 2.39. The minimum atomic E-state index is -3.09. The highest BCUT2D eigenvalue weighted by molar-refractivity contribution is 7.89. The van der Waals surface area contributed by atoms with Crippen molar-refractivity contribution in [2.75, 3.05) is 43.8 Å². The lowest BCUT2D eigenvalue weighted by Crippen LogP contribution is -2.50. The molecule has 2 heterocycles. The summed E-state index contributed by atoms with van der Waals surface area (Å²) in [5, 5.41) is 5.78. The van der Waals surface area contributed by atoms with Crippen LogP contribution in [0.5, 0.6) is 0 Å². The number of nitrogens with zero attached hydrogens (tertiary/aromatic N) is 3. The molecule has 0 spiro atoms. The third kappa shape index (κ3) is 5.90. The monoisotopic (exact) mass is 471 g/mol. The molecular weight excluding hydrogens is 438 g/mol. The molecule has 1 aromatic carbocycles. The Morgan fingerprint density at radius 1 is 1.12 bits per heavy atom. The van der Waals surface area contributed by atoms with Gasteiger partial charge in [-0.05, 0) is 61.4 Å². The van der Waals surface area contributed by atoms with Crippen LogP contribution in [-0.2, 0) is 29.4 Å². The van der Waals surface area contributed by atoms with Crippen LogP contribution in [0, 0.1) is 12.8 Å². The van der Waals surface area contributed by atoms with Crippen molar-refractivity contribution in [2.24, 2.45) is 5.92 Å². The number of urea groups is 1. The molecule has 2 N–H and O–H groups in total. The van der Waals surface area contributed by atoms with Crippen molar-refractivity contribution >= 4 is 21.7 Å². The number of hydrogen-bond donors (Lipinski definition) is 2. The first kappa shape index (κ1) is 23.7. The average molecular weight is 472 g/mol. The van der Waals surface area contributed by atoms with Crippen LogP contribution >= 0.6 is 0 Å². The summed E-state index contributed by atoms with van der Waals surface area (Å²) >= 11 is 0. The minimum Gasteiger partial charge on any atom is -0.334 e. The maximum atomic E-state index is 12.3. The van der Waals surface area contributed by atoms with Gasteiger partial charge in [0.1, 0.15) is 0 Å². The molecule has 0 bridgehead atoms. The summed E-state index contributed by atoms with van der Waals surface area (Å²) in [5.41, 5.74) is 5.43. The number of nitrogens with one attached hydrogen (secondary N) is 2. The number of aromatic nitrogens is 1. The molecule has 0 radical (unpaired) electrons. The number of carbonyl (C=O) groups excluding carboxylic acids is 1. The highest BCUT2D eigenvalue weighted by Gasteiger charge is 2.29. The van der Waals surface area contributed by atoms with Crippen LogP contribution < -0.4 is 10.6 Å². The van der Waals surface area contributed by atoms with E-state index in [9.17, 15) is 13.2 Å². The van der Waals surface area contributed by atoms with Crippen LogP contribution in [-0.4, -0.2) is 67.1 Å². The largest absolute Gasteiger partial charge is 0.334 e. The Bertz CT molecular complexity index is 1080. The van der Waals surface area contributed by atoms with Crippen LogP contribution in [0.2, 0.25) is 0 Å². The van der Waals surface area contributed by atoms with E-state index in [4.69, 9.17) is 0 Å². The number of amides is 2. The van der Waals surface area contributed by atoms with E-state index < -0.39 is 10.0 Å². The summed E-state index contributed by atoms with van der Waals surface area (Å²) in [5.74, 6) is 0.685. The summed E-state index contributed by atoms with van der Waals surface area (Å²) in [6.07, 6.45) is 3.67. The van der Waals surface area contributed by atoms with Gasteiger partial charge in [0.05, 0.1) is 17.6 Å². The third-order valence-electron chi connectivity index (χ3n) is 6.59. The quantitative estimate of drug-likeness (QED) is 0.647. The lowest BCUT2D eigenvalue weighted by molar-refractivity contribution is 0.166. The third-order valence-corrected chi connectivity index (χ3v) is 8.47. The number of pyridine rings is 1. The molecule has 1 atom stereocenters. The number of rotatable bonds is 7. The molecule has 0 saturated carbocycles. The lowest BCUT2D eigenvalue weighted by atomic mass is 10.0. The summed E-state index contributed by atoms with van der Waals surface area (Å²) in [7, 11) is -3.09. The molecule has 33 heavy (non-hydrogen) atoms. The van der Waals surface area contributed by atoms with Crippen molar-refractivity contribution < 1.29 is 13.2 Å². The number of carbonyl (C=O) groups is 1. The first-order valence-corrected chi connectivity index (χ1v) is 13.2. The normalized spacial score (nSPS) is 19.3. The number of benzene rings is 1. The number of sulfonamides is 1. The van der Waals surface area contributed by atoms with Crippen molar-refractivity contribution in [3.8, 4) is 0 Å². The second-order valence-electron chi connectivity index (χ2n) is 8.93. The van der Waals surface area contributed by atoms with E-state index in [0.29, 0.717) is 31.2 Å². The number of fused-ring (bicyclic) bond motifs is 1. The average Bonchev–Trinajstić information content (AvgIpc) is 3.22. The van der Waals surface area contributed by atoms with Gasteiger partial charge >= 0.3 is 6.03 Å². The smallest absolute Gasteiger partial charge is 0.319 e. The summed E-state index contributed by atoms with van der Waals surface area (Å²) in [4.78, 5) is 18.9. The molecule has 2 amide bonds. The van der Waals surface area contributed by atoms with Gasteiger partial charge < -0.3 is 15.5 Å². The van der Waals surface area contributed by atoms with E-state index >= 15 is 0 Å². The van der Waals surface area contributed by atoms with Gasteiger partial charge in [-0.15, -0.1) is 0 Å². The van der Waals surface area contributed by atoms with Gasteiger partial charge in [-0.2, -0.15) is 4.31 Å². The zero-order valence-corrected chi connectivity index (χ0v) is 20.2. The molecule has 1 saturated heterocycles. The van der Waals surface area contributed by atoms with Gasteiger partial charge in [-0.25, -0.2) is 13.2 Å². The van der Waals surface area contributed by atoms with E-state index in [1.54, 1.807) is 17.4 Å². The van der Waals surface area contributed by atoms with Crippen molar-refractivity contribution in [1.82, 2.24) is 19.5 Å². The molecule has 4 rings (SSSR count). The highest BCUT2D eigenvalue weighted by atomic mass is 32.2. The van der Waals surface area contributed by atoms with Crippen molar-refractivity contribution in [1.29, 1.82) is 0 Å². The van der Waals surface area contributed by atoms with Gasteiger partial charge in [0.25, 0.3) is 0 Å². The molecular formula is C24H33N5O3S. The molecule has 9 heteroatoms. The van der Waals surface area contributed by atoms with Gasteiger partial charge in [-0.3, -0.25) is 4.98 Å². The van der Waals surface area contributed by atoms with Crippen molar-refractivity contribution in [3.63, 3.8) is 0 Å². The maximum Gasteiger partial charge on any atom is 0.319 e. The zero-order chi connectivity index (χ0) is 23.4. The van der Waals surface area contributed by atoms with Gasteiger partial charge in [-0.1, -0.05) is 18.2 Å². The first-order valence-electron chi connectivity index (χ1n) is 11.6. The minimum absolute atomic E-state index is 0.168. The molecule has 2 aliphatic rings. The molecule has 1 aromatic heterocycles. The van der Waals surface area contributed by atoms with Crippen molar-refractivity contribution in [3.05, 3.63) is 58.9 Å². The standard InChI is InChI=1S/C24H33N5O3S/c1-3-33(31,32)29-11-9-28(10-12-29)17-19-13-20-5-4-6-21(23(20)14-19)15-26-24(30)27-22-8-7-18(2)25-16-22/h4-8,16,19H,3,9-15,17H2,1-2H3,(H2,26,27,30). The highest BCUT2D eigenvalue weighted by Crippen LogP contribution is 2.30. The number of hydrogen-bond acceptors (Lipinski definition) is 5. The molecule has 1 aliphatic heterocycles. The fraction of sp³-hybridized carbons (Fsp3) is 0.500. The topological polar surface area (TPSA) is 94.6 Å². The zero-order valence-electron chi connectivity index (χ0n) is 19.4. The molecule has 178 valence electrons. The van der Waals surface area contributed by atoms with E-state index in [2.05, 4.69) is 38.7 Å². The first-order chi connectivity index (χ1) is 15.8. The Balaban J connectivity index is 1.28. The molecule has 1 fully saturated rings. The van der Waals surface area contributed by atoms with E-state index in [1.165, 1.54) is 11.1 Å². The number of anilines is 1. The van der Waals surface area contributed by atoms with Gasteiger partial charge in [0, 0.05) is 45.0 Å². The summed E-state index contributed by atoms with van der Waals surface area (Å²) in [6, 6.07) is 9.79. The van der Waals surface area contributed by atoms with E-state index in [1.807, 2.05) is 19.1 Å². The van der Waals surface area contributed by atoms with Crippen molar-refractivity contribution in [2.45, 2.75) is 33.2 Å². The Morgan fingerprint density at radius 2 is 1.91 bits per heavy atom. The summed E-state index contributed by atoms with van der Waals surface area (Å²) < 4.78 is 25.8. The van der Waals surface area contributed by atoms with Crippen LogP contribution in [0.3, 0.4) is 0 Å². The van der Waals surface area contributed by atoms with Gasteiger partial charge in [0.15, 0.2) is 0 Å². The molecule has 8 nitrogen and oxygen atoms in total. The van der Waals surface area contributed by atoms with Crippen LogP contribution in [0.25, 0.3) is 0 Å². The van der Waals surface area contributed by atoms with Gasteiger partial charge in [0.2, 0.25) is 10.0 Å². The molecule has 2 aromatic rings. The maximum absolute atomic E-state index is 12.3. The Labute approximate surface area is 196 Å². The Morgan fingerprint density at radius 3 is 2.61 bits per heavy atom. The fourth-order valence-electron chi connectivity index (χ4n) is 4.74. The van der Waals surface area contributed by atoms with Crippen LogP contribution in [0.4, 0.5) is 10.5 Å². The Kier molecular flexibility index (Phi) is 7.31. The SMILES string of the molecule is CCS(=O)(=O)N1CCN(CC2Cc3cccc(CNC(=O)Nc4ccc(C)nc4)c3C2)CC1. The van der Waals surface area contributed by atoms with E-state index in [0.717, 1.165) is 43.7 Å². The fourth-order valence-corrected chi connectivity index (χ4v) is 5.82. The number of aryl methyl sites for hydroxylation is 1. The second kappa shape index (κ2) is 10.2. The number of piperazine rings is 1. The summed E-state index contributed by atoms with van der Waals surface area (Å²) in [6.45, 7) is 7.80. The second-order valence-corrected chi connectivity index (χ2v) is 11.2. The van der Waals surface area contributed by atoms with E-state index in [-0.39, 0.29) is 11.8 Å². The lowest BCUT2D eigenvalue weighted by Gasteiger charge is -2.35. The predicted molar refractivity (Wildman–Crippen MR) is 130 cm³/mol. The molecule has 1 unspecified atom stereocenters. The van der Waals surface area contributed by atoms with Crippen LogP contribution in [0.15, 0.2) is 36.5 Å². The van der Waals surface area contributed by atoms with Crippen LogP contribution in [0.1, 0.15) is 29.3 Å².